The van der Waals surface area contributed by atoms with E-state index in [0.717, 1.165) is 18.9 Å². The number of hydrogen-bond acceptors (Lipinski definition) is 4. The molecule has 1 aliphatic carbocycles. The normalized spacial score (nSPS) is 15.2. The molecule has 1 saturated carbocycles. The molecule has 2 aromatic rings. The summed E-state index contributed by atoms with van der Waals surface area (Å²) in [6, 6.07) is 6.90. The molecule has 6 nitrogen and oxygen atoms in total. The summed E-state index contributed by atoms with van der Waals surface area (Å²) in [6.45, 7) is 0. The van der Waals surface area contributed by atoms with Gasteiger partial charge in [0.2, 0.25) is 0 Å². The average molecular weight is 383 g/mol. The van der Waals surface area contributed by atoms with Crippen LogP contribution in [0.5, 0.6) is 5.75 Å². The molecule has 1 atom stereocenters. The average Bonchev–Trinajstić information content (AvgIpc) is 3.26. The second-order valence-corrected chi connectivity index (χ2v) is 6.25. The van der Waals surface area contributed by atoms with Crippen molar-refractivity contribution in [1.29, 1.82) is 0 Å². The fourth-order valence-corrected chi connectivity index (χ4v) is 2.63. The van der Waals surface area contributed by atoms with Gasteiger partial charge in [-0.05, 0) is 36.6 Å². The summed E-state index contributed by atoms with van der Waals surface area (Å²) in [6.07, 6.45) is -2.68. The summed E-state index contributed by atoms with van der Waals surface area (Å²) in [5.74, 6) is -2.29. The van der Waals surface area contributed by atoms with Gasteiger partial charge in [0.1, 0.15) is 17.6 Å². The van der Waals surface area contributed by atoms with E-state index in [4.69, 9.17) is 4.42 Å². The summed E-state index contributed by atoms with van der Waals surface area (Å²) in [4.78, 5) is 23.5. The molecule has 1 heterocycles. The molecule has 1 fully saturated rings. The maximum atomic E-state index is 12.5. The van der Waals surface area contributed by atoms with Crippen molar-refractivity contribution in [3.8, 4) is 17.1 Å². The number of rotatable bonds is 7. The molecule has 9 heteroatoms. The third-order valence-electron chi connectivity index (χ3n) is 4.08. The van der Waals surface area contributed by atoms with Crippen LogP contribution in [0.1, 0.15) is 29.8 Å². The molecular formula is C18H16F3NO5. The van der Waals surface area contributed by atoms with Gasteiger partial charge < -0.3 is 19.6 Å². The highest BCUT2D eigenvalue weighted by Gasteiger charge is 2.33. The second-order valence-electron chi connectivity index (χ2n) is 6.25. The van der Waals surface area contributed by atoms with Crippen molar-refractivity contribution in [2.45, 2.75) is 31.7 Å². The van der Waals surface area contributed by atoms with Crippen LogP contribution in [-0.4, -0.2) is 29.4 Å². The Morgan fingerprint density at radius 2 is 1.93 bits per heavy atom. The first-order chi connectivity index (χ1) is 12.7. The van der Waals surface area contributed by atoms with Crippen LogP contribution in [0.2, 0.25) is 0 Å². The SMILES string of the molecule is O=C(NC(CC1CC1)C(=O)O)c1ccc(-c2ccccc2OC(F)(F)F)o1. The third kappa shape index (κ3) is 5.02. The van der Waals surface area contributed by atoms with E-state index in [1.807, 2.05) is 0 Å². The Balaban J connectivity index is 1.76. The Morgan fingerprint density at radius 3 is 2.56 bits per heavy atom. The molecule has 1 unspecified atom stereocenters. The number of carboxylic acids is 1. The Labute approximate surface area is 151 Å². The maximum absolute atomic E-state index is 12.5. The van der Waals surface area contributed by atoms with E-state index in [1.54, 1.807) is 0 Å². The monoisotopic (exact) mass is 383 g/mol. The topological polar surface area (TPSA) is 88.8 Å². The zero-order valence-electron chi connectivity index (χ0n) is 14.0. The van der Waals surface area contributed by atoms with Gasteiger partial charge in [0.05, 0.1) is 5.56 Å². The number of alkyl halides is 3. The number of para-hydroxylation sites is 1. The van der Waals surface area contributed by atoms with Crippen molar-refractivity contribution in [1.82, 2.24) is 5.32 Å². The molecule has 0 bridgehead atoms. The predicted octanol–water partition coefficient (Wildman–Crippen LogP) is 3.83. The molecule has 0 saturated heterocycles. The highest BCUT2D eigenvalue weighted by atomic mass is 19.4. The molecule has 1 aliphatic rings. The van der Waals surface area contributed by atoms with Crippen molar-refractivity contribution in [3.63, 3.8) is 0 Å². The van der Waals surface area contributed by atoms with Gasteiger partial charge in [0.15, 0.2) is 5.76 Å². The van der Waals surface area contributed by atoms with Crippen LogP contribution in [0.4, 0.5) is 13.2 Å². The quantitative estimate of drug-likeness (QED) is 0.759. The first kappa shape index (κ1) is 18.8. The van der Waals surface area contributed by atoms with Gasteiger partial charge in [0.25, 0.3) is 5.91 Å². The molecule has 1 amide bonds. The highest BCUT2D eigenvalue weighted by Crippen LogP contribution is 2.35. The number of carboxylic acid groups (broad SMARTS) is 1. The van der Waals surface area contributed by atoms with Gasteiger partial charge >= 0.3 is 12.3 Å². The summed E-state index contributed by atoms with van der Waals surface area (Å²) < 4.78 is 46.9. The molecule has 144 valence electrons. The number of benzene rings is 1. The first-order valence-corrected chi connectivity index (χ1v) is 8.21. The molecule has 1 aromatic carbocycles. The molecule has 1 aromatic heterocycles. The van der Waals surface area contributed by atoms with Crippen LogP contribution < -0.4 is 10.1 Å². The smallest absolute Gasteiger partial charge is 0.480 e. The lowest BCUT2D eigenvalue weighted by Crippen LogP contribution is -2.41. The minimum absolute atomic E-state index is 0.00549. The van der Waals surface area contributed by atoms with Crippen LogP contribution >= 0.6 is 0 Å². The lowest BCUT2D eigenvalue weighted by atomic mass is 10.1. The van der Waals surface area contributed by atoms with E-state index in [2.05, 4.69) is 10.1 Å². The maximum Gasteiger partial charge on any atom is 0.573 e. The van der Waals surface area contributed by atoms with E-state index in [9.17, 15) is 27.9 Å². The number of halogens is 3. The van der Waals surface area contributed by atoms with Crippen LogP contribution in [0.3, 0.4) is 0 Å². The molecule has 2 N–H and O–H groups in total. The number of carbonyl (C=O) groups is 2. The predicted molar refractivity (Wildman–Crippen MR) is 87.1 cm³/mol. The van der Waals surface area contributed by atoms with Crippen molar-refractivity contribution < 1.29 is 37.0 Å². The number of nitrogens with one attached hydrogen (secondary N) is 1. The summed E-state index contributed by atoms with van der Waals surface area (Å²) in [5.41, 5.74) is 0.0154. The number of aliphatic carboxylic acids is 1. The van der Waals surface area contributed by atoms with Crippen LogP contribution in [0.25, 0.3) is 11.3 Å². The zero-order valence-corrected chi connectivity index (χ0v) is 14.0. The molecular weight excluding hydrogens is 367 g/mol. The lowest BCUT2D eigenvalue weighted by molar-refractivity contribution is -0.274. The van der Waals surface area contributed by atoms with E-state index >= 15 is 0 Å². The number of carbonyl (C=O) groups excluding carboxylic acids is 1. The van der Waals surface area contributed by atoms with Crippen LogP contribution in [-0.2, 0) is 4.79 Å². The largest absolute Gasteiger partial charge is 0.573 e. The fourth-order valence-electron chi connectivity index (χ4n) is 2.63. The zero-order chi connectivity index (χ0) is 19.6. The Kier molecular flexibility index (Phi) is 5.11. The molecule has 0 aliphatic heterocycles. The number of hydrogen-bond donors (Lipinski definition) is 2. The molecule has 27 heavy (non-hydrogen) atoms. The van der Waals surface area contributed by atoms with Crippen molar-refractivity contribution in [3.05, 3.63) is 42.2 Å². The van der Waals surface area contributed by atoms with Gasteiger partial charge in [-0.15, -0.1) is 13.2 Å². The van der Waals surface area contributed by atoms with Crippen molar-refractivity contribution in [2.75, 3.05) is 0 Å². The second kappa shape index (κ2) is 7.34. The van der Waals surface area contributed by atoms with Gasteiger partial charge in [-0.25, -0.2) is 4.79 Å². The summed E-state index contributed by atoms with van der Waals surface area (Å²) in [5, 5.41) is 11.6. The van der Waals surface area contributed by atoms with Gasteiger partial charge in [0, 0.05) is 0 Å². The number of amides is 1. The van der Waals surface area contributed by atoms with Crippen molar-refractivity contribution in [2.24, 2.45) is 5.92 Å². The van der Waals surface area contributed by atoms with E-state index in [0.29, 0.717) is 6.42 Å². The molecule has 0 radical (unpaired) electrons. The summed E-state index contributed by atoms with van der Waals surface area (Å²) in [7, 11) is 0. The van der Waals surface area contributed by atoms with Crippen molar-refractivity contribution >= 4 is 11.9 Å². The fraction of sp³-hybridized carbons (Fsp3) is 0.333. The van der Waals surface area contributed by atoms with E-state index < -0.39 is 30.0 Å². The standard InChI is InChI=1S/C18H16F3NO5/c19-18(20,21)27-14-4-2-1-3-11(14)13-7-8-15(26-13)16(23)22-12(17(24)25)9-10-5-6-10/h1-4,7-8,10,12H,5-6,9H2,(H,22,23)(H,24,25). The Hall–Kier alpha value is -2.97. The van der Waals surface area contributed by atoms with Gasteiger partial charge in [-0.1, -0.05) is 25.0 Å². The minimum Gasteiger partial charge on any atom is -0.480 e. The first-order valence-electron chi connectivity index (χ1n) is 8.21. The number of ether oxygens (including phenoxy) is 1. The lowest BCUT2D eigenvalue weighted by Gasteiger charge is -2.13. The van der Waals surface area contributed by atoms with Crippen LogP contribution in [0, 0.1) is 5.92 Å². The Morgan fingerprint density at radius 1 is 1.22 bits per heavy atom. The third-order valence-corrected chi connectivity index (χ3v) is 4.08. The van der Waals surface area contributed by atoms with Gasteiger partial charge in [-0.3, -0.25) is 4.79 Å². The van der Waals surface area contributed by atoms with Crippen LogP contribution in [0.15, 0.2) is 40.8 Å². The minimum atomic E-state index is -4.87. The molecule has 0 spiro atoms. The molecule has 3 rings (SSSR count). The Bertz CT molecular complexity index is 842. The van der Waals surface area contributed by atoms with E-state index in [-0.39, 0.29) is 23.0 Å². The van der Waals surface area contributed by atoms with Gasteiger partial charge in [-0.2, -0.15) is 0 Å². The van der Waals surface area contributed by atoms with E-state index in [1.165, 1.54) is 30.3 Å². The summed E-state index contributed by atoms with van der Waals surface area (Å²) >= 11 is 0. The number of furan rings is 1. The highest BCUT2D eigenvalue weighted by molar-refractivity contribution is 5.94.